The Labute approximate surface area is 134 Å². The minimum absolute atomic E-state index is 0.270. The van der Waals surface area contributed by atoms with Crippen LogP contribution in [-0.2, 0) is 6.42 Å². The van der Waals surface area contributed by atoms with Crippen LogP contribution in [0.2, 0.25) is 0 Å². The van der Waals surface area contributed by atoms with E-state index in [0.29, 0.717) is 10.5 Å². The van der Waals surface area contributed by atoms with E-state index >= 15 is 0 Å². The Kier molecular flexibility index (Phi) is 5.06. The van der Waals surface area contributed by atoms with E-state index in [-0.39, 0.29) is 6.04 Å². The number of aromatic nitrogens is 1. The summed E-state index contributed by atoms with van der Waals surface area (Å²) >= 11 is 4.08. The standard InChI is InChI=1S/C16H21N3S2/c1-11-16(21-9-8-20-11)15(19-17)10-13-7-6-12-4-2-3-5-14(12)18-13/h2-7,11,15-16,19H,8-10,17H2,1H3. The number of pyridine rings is 1. The number of hydrogen-bond acceptors (Lipinski definition) is 5. The van der Waals surface area contributed by atoms with Crippen LogP contribution >= 0.6 is 23.5 Å². The van der Waals surface area contributed by atoms with Crippen LogP contribution in [0, 0.1) is 0 Å². The highest BCUT2D eigenvalue weighted by atomic mass is 32.2. The van der Waals surface area contributed by atoms with E-state index in [9.17, 15) is 0 Å². The number of hydrogen-bond donors (Lipinski definition) is 2. The van der Waals surface area contributed by atoms with E-state index in [1.807, 2.05) is 35.7 Å². The van der Waals surface area contributed by atoms with E-state index in [0.717, 1.165) is 17.6 Å². The second kappa shape index (κ2) is 7.01. The molecule has 0 saturated carbocycles. The molecule has 21 heavy (non-hydrogen) atoms. The third-order valence-corrected chi connectivity index (χ3v) is 7.18. The number of thioether (sulfide) groups is 2. The van der Waals surface area contributed by atoms with Gasteiger partial charge in [0.2, 0.25) is 0 Å². The Hall–Kier alpha value is -0.750. The minimum Gasteiger partial charge on any atom is -0.271 e. The molecule has 1 aromatic carbocycles. The third-order valence-electron chi connectivity index (χ3n) is 3.93. The molecular formula is C16H21N3S2. The molecule has 1 saturated heterocycles. The van der Waals surface area contributed by atoms with E-state index in [1.54, 1.807) is 0 Å². The highest BCUT2D eigenvalue weighted by Crippen LogP contribution is 2.33. The first-order valence-electron chi connectivity index (χ1n) is 7.32. The average Bonchev–Trinajstić information content (AvgIpc) is 2.53. The van der Waals surface area contributed by atoms with Crippen LogP contribution in [0.15, 0.2) is 36.4 Å². The number of rotatable bonds is 4. The predicted molar refractivity (Wildman–Crippen MR) is 94.7 cm³/mol. The van der Waals surface area contributed by atoms with Gasteiger partial charge in [0, 0.05) is 45.5 Å². The quantitative estimate of drug-likeness (QED) is 0.670. The summed E-state index contributed by atoms with van der Waals surface area (Å²) in [4.78, 5) is 4.77. The van der Waals surface area contributed by atoms with Gasteiger partial charge in [0.05, 0.1) is 5.52 Å². The van der Waals surface area contributed by atoms with Crippen LogP contribution in [0.3, 0.4) is 0 Å². The van der Waals surface area contributed by atoms with Crippen molar-refractivity contribution in [1.29, 1.82) is 0 Å². The van der Waals surface area contributed by atoms with Gasteiger partial charge in [0.25, 0.3) is 0 Å². The Bertz CT molecular complexity index is 605. The second-order valence-electron chi connectivity index (χ2n) is 5.38. The summed E-state index contributed by atoms with van der Waals surface area (Å²) in [6.45, 7) is 2.31. The smallest absolute Gasteiger partial charge is 0.0705 e. The van der Waals surface area contributed by atoms with Gasteiger partial charge in [-0.05, 0) is 12.1 Å². The van der Waals surface area contributed by atoms with Crippen molar-refractivity contribution in [3.8, 4) is 0 Å². The molecule has 1 aliphatic rings. The monoisotopic (exact) mass is 319 g/mol. The number of fused-ring (bicyclic) bond motifs is 1. The topological polar surface area (TPSA) is 50.9 Å². The largest absolute Gasteiger partial charge is 0.271 e. The zero-order chi connectivity index (χ0) is 14.7. The molecule has 0 radical (unpaired) electrons. The molecule has 2 heterocycles. The fraction of sp³-hybridized carbons (Fsp3) is 0.438. The lowest BCUT2D eigenvalue weighted by atomic mass is 10.0. The fourth-order valence-electron chi connectivity index (χ4n) is 2.81. The molecule has 112 valence electrons. The van der Waals surface area contributed by atoms with Crippen molar-refractivity contribution < 1.29 is 0 Å². The number of nitrogens with zero attached hydrogens (tertiary/aromatic N) is 1. The van der Waals surface area contributed by atoms with Crippen LogP contribution in [0.25, 0.3) is 10.9 Å². The maximum Gasteiger partial charge on any atom is 0.0705 e. The third kappa shape index (κ3) is 3.54. The lowest BCUT2D eigenvalue weighted by Crippen LogP contribution is -2.48. The maximum absolute atomic E-state index is 5.83. The van der Waals surface area contributed by atoms with Crippen LogP contribution in [0.4, 0.5) is 0 Å². The predicted octanol–water partition coefficient (Wildman–Crippen LogP) is 2.85. The van der Waals surface area contributed by atoms with Gasteiger partial charge in [-0.15, -0.1) is 0 Å². The van der Waals surface area contributed by atoms with Crippen molar-refractivity contribution in [2.24, 2.45) is 5.84 Å². The molecule has 0 amide bonds. The normalized spacial score (nSPS) is 24.1. The van der Waals surface area contributed by atoms with Crippen LogP contribution in [0.5, 0.6) is 0 Å². The maximum atomic E-state index is 5.83. The molecule has 2 aromatic rings. The van der Waals surface area contributed by atoms with Gasteiger partial charge in [-0.2, -0.15) is 23.5 Å². The van der Waals surface area contributed by atoms with Crippen molar-refractivity contribution in [2.45, 2.75) is 29.9 Å². The second-order valence-corrected chi connectivity index (χ2v) is 8.15. The van der Waals surface area contributed by atoms with E-state index in [1.165, 1.54) is 16.9 Å². The molecule has 3 rings (SSSR count). The molecule has 0 aliphatic carbocycles. The summed E-state index contributed by atoms with van der Waals surface area (Å²) in [7, 11) is 0. The van der Waals surface area contributed by atoms with E-state index in [2.05, 4.69) is 36.6 Å². The van der Waals surface area contributed by atoms with Gasteiger partial charge >= 0.3 is 0 Å². The molecule has 3 unspecified atom stereocenters. The SMILES string of the molecule is CC1SCCSC1C(Cc1ccc2ccccc2n1)NN. The van der Waals surface area contributed by atoms with Crippen molar-refractivity contribution in [3.63, 3.8) is 0 Å². The highest BCUT2D eigenvalue weighted by Gasteiger charge is 2.30. The fourth-order valence-corrected chi connectivity index (χ4v) is 5.75. The Morgan fingerprint density at radius 2 is 2.05 bits per heavy atom. The molecule has 0 spiro atoms. The number of nitrogens with two attached hydrogens (primary N) is 1. The molecule has 3 atom stereocenters. The van der Waals surface area contributed by atoms with Gasteiger partial charge < -0.3 is 0 Å². The van der Waals surface area contributed by atoms with Crippen molar-refractivity contribution in [3.05, 3.63) is 42.1 Å². The molecule has 1 aliphatic heterocycles. The van der Waals surface area contributed by atoms with Crippen molar-refractivity contribution >= 4 is 34.4 Å². The number of para-hydroxylation sites is 1. The van der Waals surface area contributed by atoms with Gasteiger partial charge in [0.15, 0.2) is 0 Å². The van der Waals surface area contributed by atoms with E-state index < -0.39 is 0 Å². The van der Waals surface area contributed by atoms with Crippen molar-refractivity contribution in [2.75, 3.05) is 11.5 Å². The summed E-state index contributed by atoms with van der Waals surface area (Å²) in [5, 5.41) is 2.36. The lowest BCUT2D eigenvalue weighted by molar-refractivity contribution is 0.497. The summed E-state index contributed by atoms with van der Waals surface area (Å²) < 4.78 is 0. The van der Waals surface area contributed by atoms with Crippen LogP contribution < -0.4 is 11.3 Å². The summed E-state index contributed by atoms with van der Waals surface area (Å²) in [5.41, 5.74) is 5.20. The first kappa shape index (κ1) is 15.2. The molecular weight excluding hydrogens is 298 g/mol. The highest BCUT2D eigenvalue weighted by molar-refractivity contribution is 8.07. The Morgan fingerprint density at radius 3 is 2.86 bits per heavy atom. The summed E-state index contributed by atoms with van der Waals surface area (Å²) in [6, 6.07) is 12.8. The minimum atomic E-state index is 0.270. The number of nitrogens with one attached hydrogen (secondary N) is 1. The molecule has 0 bridgehead atoms. The van der Waals surface area contributed by atoms with Crippen LogP contribution in [0.1, 0.15) is 12.6 Å². The van der Waals surface area contributed by atoms with Gasteiger partial charge in [-0.1, -0.05) is 31.2 Å². The summed E-state index contributed by atoms with van der Waals surface area (Å²) in [6.07, 6.45) is 0.879. The molecule has 3 nitrogen and oxygen atoms in total. The average molecular weight is 319 g/mol. The Balaban J connectivity index is 1.78. The van der Waals surface area contributed by atoms with Gasteiger partial charge in [-0.25, -0.2) is 0 Å². The molecule has 5 heteroatoms. The summed E-state index contributed by atoms with van der Waals surface area (Å²) in [5.74, 6) is 8.28. The molecule has 1 aromatic heterocycles. The lowest BCUT2D eigenvalue weighted by Gasteiger charge is -2.34. The molecule has 3 N–H and O–H groups in total. The van der Waals surface area contributed by atoms with Crippen molar-refractivity contribution in [1.82, 2.24) is 10.4 Å². The molecule has 1 fully saturated rings. The van der Waals surface area contributed by atoms with E-state index in [4.69, 9.17) is 10.8 Å². The van der Waals surface area contributed by atoms with Gasteiger partial charge in [-0.3, -0.25) is 16.3 Å². The first-order chi connectivity index (χ1) is 10.3. The zero-order valence-corrected chi connectivity index (χ0v) is 13.8. The zero-order valence-electron chi connectivity index (χ0n) is 12.2. The number of hydrazine groups is 1. The van der Waals surface area contributed by atoms with Crippen LogP contribution in [-0.4, -0.2) is 33.0 Å². The Morgan fingerprint density at radius 1 is 1.24 bits per heavy atom. The van der Waals surface area contributed by atoms with Gasteiger partial charge in [0.1, 0.15) is 0 Å². The first-order valence-corrected chi connectivity index (χ1v) is 9.41. The number of benzene rings is 1.